The number of amides is 1. The zero-order valence-electron chi connectivity index (χ0n) is 14.5. The first-order valence-electron chi connectivity index (χ1n) is 8.80. The lowest BCUT2D eigenvalue weighted by Crippen LogP contribution is -2.60. The maximum absolute atomic E-state index is 12.6. The Hall–Kier alpha value is -2.10. The van der Waals surface area contributed by atoms with Crippen molar-refractivity contribution < 1.29 is 9.32 Å². The second-order valence-corrected chi connectivity index (χ2v) is 7.98. The molecule has 4 atom stereocenters. The van der Waals surface area contributed by atoms with Gasteiger partial charge in [0.1, 0.15) is 0 Å². The number of carbonyl (C=O) groups is 1. The molecule has 0 saturated heterocycles. The molecule has 24 heavy (non-hydrogen) atoms. The van der Waals surface area contributed by atoms with E-state index < -0.39 is 0 Å². The number of benzene rings is 1. The van der Waals surface area contributed by atoms with Crippen molar-refractivity contribution in [2.45, 2.75) is 39.7 Å². The van der Waals surface area contributed by atoms with Crippen LogP contribution in [0.1, 0.15) is 44.1 Å². The summed E-state index contributed by atoms with van der Waals surface area (Å²) in [6, 6.07) is 11.7. The van der Waals surface area contributed by atoms with E-state index in [0.29, 0.717) is 28.7 Å². The molecule has 3 aliphatic carbocycles. The third-order valence-corrected chi connectivity index (χ3v) is 6.47. The fraction of sp³-hybridized carbons (Fsp3) is 0.500. The average molecular weight is 324 g/mol. The molecule has 0 aliphatic heterocycles. The highest BCUT2D eigenvalue weighted by molar-refractivity contribution is 5.93. The molecule has 2 aromatic rings. The molecule has 1 aromatic heterocycles. The molecule has 1 aromatic carbocycles. The molecule has 1 amide bonds. The summed E-state index contributed by atoms with van der Waals surface area (Å²) in [5.41, 5.74) is 1.72. The lowest BCUT2D eigenvalue weighted by molar-refractivity contribution is -0.113. The summed E-state index contributed by atoms with van der Waals surface area (Å²) >= 11 is 0. The summed E-state index contributed by atoms with van der Waals surface area (Å²) in [6.07, 6.45) is 2.38. The van der Waals surface area contributed by atoms with Crippen LogP contribution in [0.15, 0.2) is 40.9 Å². The molecule has 1 N–H and O–H groups in total. The highest BCUT2D eigenvalue weighted by Crippen LogP contribution is 2.61. The Bertz CT molecular complexity index is 750. The van der Waals surface area contributed by atoms with E-state index in [0.717, 1.165) is 17.9 Å². The predicted molar refractivity (Wildman–Crippen MR) is 92.4 cm³/mol. The molecular weight excluding hydrogens is 300 g/mol. The van der Waals surface area contributed by atoms with E-state index in [9.17, 15) is 4.79 Å². The fourth-order valence-electron chi connectivity index (χ4n) is 4.70. The van der Waals surface area contributed by atoms with Crippen molar-refractivity contribution in [3.63, 3.8) is 0 Å². The van der Waals surface area contributed by atoms with Crippen molar-refractivity contribution in [2.75, 3.05) is 0 Å². The molecule has 4 nitrogen and oxygen atoms in total. The molecule has 5 rings (SSSR count). The van der Waals surface area contributed by atoms with Gasteiger partial charge in [-0.3, -0.25) is 4.79 Å². The second-order valence-electron chi connectivity index (χ2n) is 7.98. The van der Waals surface area contributed by atoms with Gasteiger partial charge in [0.05, 0.1) is 0 Å². The molecule has 1 heterocycles. The van der Waals surface area contributed by atoms with E-state index in [1.54, 1.807) is 6.07 Å². The first-order chi connectivity index (χ1) is 11.5. The average Bonchev–Trinajstić information content (AvgIpc) is 3.07. The third kappa shape index (κ3) is 2.36. The Balaban J connectivity index is 1.45. The van der Waals surface area contributed by atoms with Crippen molar-refractivity contribution in [1.82, 2.24) is 10.5 Å². The van der Waals surface area contributed by atoms with Crippen LogP contribution in [0.25, 0.3) is 11.3 Å². The summed E-state index contributed by atoms with van der Waals surface area (Å²) < 4.78 is 5.34. The number of nitrogens with one attached hydrogen (secondary N) is 1. The first-order valence-corrected chi connectivity index (χ1v) is 8.80. The van der Waals surface area contributed by atoms with Crippen LogP contribution in [0, 0.1) is 23.2 Å². The van der Waals surface area contributed by atoms with Crippen LogP contribution in [0.3, 0.4) is 0 Å². The number of fused-ring (bicyclic) bond motifs is 2. The molecule has 126 valence electrons. The molecular formula is C20H24N2O2. The monoisotopic (exact) mass is 324 g/mol. The smallest absolute Gasteiger partial charge is 0.273 e. The molecule has 3 aliphatic rings. The number of rotatable bonds is 3. The minimum absolute atomic E-state index is 0.128. The first kappa shape index (κ1) is 15.4. The Morgan fingerprint density at radius 3 is 2.67 bits per heavy atom. The standard InChI is InChI=1S/C20H24N2O2/c1-12-15-9-14(20(15,2)3)10-16(12)21-19(23)17-11-18(24-22-17)13-7-5-4-6-8-13/h4-8,11-12,14-16H,9-10H2,1-3H3,(H,21,23)/t12-,14+,15-,16-/m1/s1. The molecule has 4 heteroatoms. The van der Waals surface area contributed by atoms with Gasteiger partial charge >= 0.3 is 0 Å². The van der Waals surface area contributed by atoms with Gasteiger partial charge < -0.3 is 9.84 Å². The minimum Gasteiger partial charge on any atom is -0.355 e. The van der Waals surface area contributed by atoms with E-state index in [1.807, 2.05) is 30.3 Å². The zero-order chi connectivity index (χ0) is 16.9. The highest BCUT2D eigenvalue weighted by Gasteiger charge is 2.56. The third-order valence-electron chi connectivity index (χ3n) is 6.47. The van der Waals surface area contributed by atoms with Gasteiger partial charge in [-0.15, -0.1) is 0 Å². The van der Waals surface area contributed by atoms with Crippen LogP contribution in [0.4, 0.5) is 0 Å². The molecule has 0 spiro atoms. The van der Waals surface area contributed by atoms with Crippen LogP contribution in [0.2, 0.25) is 0 Å². The topological polar surface area (TPSA) is 55.1 Å². The van der Waals surface area contributed by atoms with Crippen molar-refractivity contribution in [2.24, 2.45) is 23.2 Å². The van der Waals surface area contributed by atoms with Gasteiger partial charge in [0.15, 0.2) is 11.5 Å². The number of carbonyl (C=O) groups excluding carboxylic acids is 1. The Kier molecular flexibility index (Phi) is 3.52. The van der Waals surface area contributed by atoms with Gasteiger partial charge in [0.25, 0.3) is 5.91 Å². The van der Waals surface area contributed by atoms with Crippen LogP contribution in [0.5, 0.6) is 0 Å². The number of hydrogen-bond donors (Lipinski definition) is 1. The minimum atomic E-state index is -0.128. The normalized spacial score (nSPS) is 30.5. The Labute approximate surface area is 142 Å². The van der Waals surface area contributed by atoms with Crippen LogP contribution >= 0.6 is 0 Å². The van der Waals surface area contributed by atoms with Crippen molar-refractivity contribution >= 4 is 5.91 Å². The molecule has 2 bridgehead atoms. The lowest BCUT2D eigenvalue weighted by Gasteiger charge is -2.62. The van der Waals surface area contributed by atoms with Crippen LogP contribution < -0.4 is 5.32 Å². The fourth-order valence-corrected chi connectivity index (χ4v) is 4.70. The Morgan fingerprint density at radius 1 is 1.25 bits per heavy atom. The summed E-state index contributed by atoms with van der Waals surface area (Å²) in [6.45, 7) is 7.00. The van der Waals surface area contributed by atoms with Gasteiger partial charge in [-0.25, -0.2) is 0 Å². The molecule has 0 radical (unpaired) electrons. The molecule has 0 unspecified atom stereocenters. The van der Waals surface area contributed by atoms with Crippen molar-refractivity contribution in [3.05, 3.63) is 42.1 Å². The number of aromatic nitrogens is 1. The molecule has 3 saturated carbocycles. The van der Waals surface area contributed by atoms with Crippen molar-refractivity contribution in [3.8, 4) is 11.3 Å². The van der Waals surface area contributed by atoms with Gasteiger partial charge in [0.2, 0.25) is 0 Å². The number of hydrogen-bond acceptors (Lipinski definition) is 3. The van der Waals surface area contributed by atoms with Gasteiger partial charge in [0, 0.05) is 17.7 Å². The predicted octanol–water partition coefficient (Wildman–Crippen LogP) is 4.14. The summed E-state index contributed by atoms with van der Waals surface area (Å²) in [7, 11) is 0. The summed E-state index contributed by atoms with van der Waals surface area (Å²) in [5.74, 6) is 2.44. The van der Waals surface area contributed by atoms with Crippen LogP contribution in [-0.4, -0.2) is 17.1 Å². The van der Waals surface area contributed by atoms with E-state index in [2.05, 4.69) is 31.2 Å². The summed E-state index contributed by atoms with van der Waals surface area (Å²) in [4.78, 5) is 12.6. The summed E-state index contributed by atoms with van der Waals surface area (Å²) in [5, 5.41) is 7.14. The van der Waals surface area contributed by atoms with E-state index in [4.69, 9.17) is 4.52 Å². The van der Waals surface area contributed by atoms with Gasteiger partial charge in [-0.05, 0) is 36.0 Å². The van der Waals surface area contributed by atoms with E-state index in [-0.39, 0.29) is 11.9 Å². The zero-order valence-corrected chi connectivity index (χ0v) is 14.5. The van der Waals surface area contributed by atoms with Gasteiger partial charge in [-0.1, -0.05) is 56.3 Å². The molecule has 3 fully saturated rings. The Morgan fingerprint density at radius 2 is 2.00 bits per heavy atom. The lowest BCUT2D eigenvalue weighted by atomic mass is 9.45. The maximum Gasteiger partial charge on any atom is 0.273 e. The SMILES string of the molecule is C[C@@H]1[C@H]2C[C@@H](C[C@H]1NC(=O)c1cc(-c3ccccc3)on1)C2(C)C. The largest absolute Gasteiger partial charge is 0.355 e. The van der Waals surface area contributed by atoms with E-state index in [1.165, 1.54) is 6.42 Å². The van der Waals surface area contributed by atoms with Crippen LogP contribution in [-0.2, 0) is 0 Å². The number of nitrogens with zero attached hydrogens (tertiary/aromatic N) is 1. The second kappa shape index (κ2) is 5.47. The highest BCUT2D eigenvalue weighted by atomic mass is 16.5. The maximum atomic E-state index is 12.6. The quantitative estimate of drug-likeness (QED) is 0.923. The van der Waals surface area contributed by atoms with Crippen molar-refractivity contribution in [1.29, 1.82) is 0 Å². The van der Waals surface area contributed by atoms with Gasteiger partial charge in [-0.2, -0.15) is 0 Å². The van der Waals surface area contributed by atoms with E-state index >= 15 is 0 Å².